The molecule has 0 amide bonds. The molecule has 1 atom stereocenters. The number of benzene rings is 1. The van der Waals surface area contributed by atoms with Crippen LogP contribution in [0.1, 0.15) is 17.2 Å². The van der Waals surface area contributed by atoms with E-state index in [1.54, 1.807) is 6.07 Å². The predicted molar refractivity (Wildman–Crippen MR) is 73.0 cm³/mol. The van der Waals surface area contributed by atoms with Crippen molar-refractivity contribution in [2.24, 2.45) is 0 Å². The number of alkyl halides is 3. The molecule has 1 aromatic rings. The Balaban J connectivity index is 0.00000200. The number of piperazine rings is 1. The minimum atomic E-state index is -4.35. The van der Waals surface area contributed by atoms with Gasteiger partial charge >= 0.3 is 6.18 Å². The third-order valence-electron chi connectivity index (χ3n) is 3.36. The van der Waals surface area contributed by atoms with E-state index in [-0.39, 0.29) is 25.1 Å². The maximum atomic E-state index is 12.7. The standard InChI is InChI=1S/C13H17F3N2O.ClH/c14-13(15,16)11-3-1-2-10(8-11)12(9-19)18-6-4-17-5-7-18;/h1-3,8,12,17,19H,4-7,9H2;1H/t12-;/m1./s1. The third-order valence-corrected chi connectivity index (χ3v) is 3.36. The fraction of sp³-hybridized carbons (Fsp3) is 0.538. The summed E-state index contributed by atoms with van der Waals surface area (Å²) in [6.07, 6.45) is -4.35. The van der Waals surface area contributed by atoms with Gasteiger partial charge < -0.3 is 10.4 Å². The van der Waals surface area contributed by atoms with E-state index in [1.807, 2.05) is 4.90 Å². The highest BCUT2D eigenvalue weighted by Crippen LogP contribution is 2.31. The Morgan fingerprint density at radius 1 is 1.25 bits per heavy atom. The van der Waals surface area contributed by atoms with Crippen molar-refractivity contribution in [3.8, 4) is 0 Å². The number of hydrogen-bond donors (Lipinski definition) is 2. The maximum Gasteiger partial charge on any atom is 0.416 e. The Labute approximate surface area is 122 Å². The first-order valence-corrected chi connectivity index (χ1v) is 6.25. The molecule has 0 bridgehead atoms. The van der Waals surface area contributed by atoms with E-state index in [2.05, 4.69) is 5.32 Å². The van der Waals surface area contributed by atoms with Gasteiger partial charge in [-0.25, -0.2) is 0 Å². The van der Waals surface area contributed by atoms with E-state index >= 15 is 0 Å². The lowest BCUT2D eigenvalue weighted by atomic mass is 10.0. The van der Waals surface area contributed by atoms with Crippen molar-refractivity contribution in [1.29, 1.82) is 0 Å². The SMILES string of the molecule is Cl.OC[C@H](c1cccc(C(F)(F)F)c1)N1CCNCC1. The lowest BCUT2D eigenvalue weighted by molar-refractivity contribution is -0.137. The number of nitrogens with one attached hydrogen (secondary N) is 1. The molecule has 7 heteroatoms. The van der Waals surface area contributed by atoms with Crippen LogP contribution in [0.2, 0.25) is 0 Å². The van der Waals surface area contributed by atoms with Gasteiger partial charge in [-0.2, -0.15) is 13.2 Å². The van der Waals surface area contributed by atoms with Gasteiger partial charge in [-0.05, 0) is 17.7 Å². The van der Waals surface area contributed by atoms with Crippen LogP contribution in [0.15, 0.2) is 24.3 Å². The summed E-state index contributed by atoms with van der Waals surface area (Å²) in [4.78, 5) is 2.01. The van der Waals surface area contributed by atoms with Gasteiger partial charge in [0.05, 0.1) is 18.2 Å². The smallest absolute Gasteiger partial charge is 0.394 e. The number of hydrogen-bond acceptors (Lipinski definition) is 3. The molecule has 20 heavy (non-hydrogen) atoms. The number of rotatable bonds is 3. The van der Waals surface area contributed by atoms with E-state index in [0.29, 0.717) is 5.56 Å². The van der Waals surface area contributed by atoms with Crippen LogP contribution >= 0.6 is 12.4 Å². The normalized spacial score (nSPS) is 18.4. The minimum Gasteiger partial charge on any atom is -0.394 e. The third kappa shape index (κ3) is 4.09. The van der Waals surface area contributed by atoms with Crippen molar-refractivity contribution in [3.63, 3.8) is 0 Å². The van der Waals surface area contributed by atoms with Crippen LogP contribution in [-0.2, 0) is 6.18 Å². The molecule has 1 fully saturated rings. The summed E-state index contributed by atoms with van der Waals surface area (Å²) in [5.41, 5.74) is -0.155. The van der Waals surface area contributed by atoms with Crippen LogP contribution in [0.25, 0.3) is 0 Å². The fourth-order valence-corrected chi connectivity index (χ4v) is 2.35. The van der Waals surface area contributed by atoms with Gasteiger partial charge in [0.2, 0.25) is 0 Å². The van der Waals surface area contributed by atoms with Crippen molar-refractivity contribution >= 4 is 12.4 Å². The van der Waals surface area contributed by atoms with Crippen molar-refractivity contribution in [2.75, 3.05) is 32.8 Å². The first kappa shape index (κ1) is 17.2. The largest absolute Gasteiger partial charge is 0.416 e. The number of nitrogens with zero attached hydrogens (tertiary/aromatic N) is 1. The molecular weight excluding hydrogens is 293 g/mol. The molecule has 3 nitrogen and oxygen atoms in total. The highest BCUT2D eigenvalue weighted by Gasteiger charge is 2.31. The van der Waals surface area contributed by atoms with Crippen LogP contribution in [0.3, 0.4) is 0 Å². The molecule has 0 spiro atoms. The van der Waals surface area contributed by atoms with Crippen LogP contribution in [0.4, 0.5) is 13.2 Å². The molecule has 2 rings (SSSR count). The minimum absolute atomic E-state index is 0. The van der Waals surface area contributed by atoms with Gasteiger partial charge in [-0.15, -0.1) is 12.4 Å². The zero-order chi connectivity index (χ0) is 13.9. The molecule has 0 unspecified atom stereocenters. The summed E-state index contributed by atoms with van der Waals surface area (Å²) < 4.78 is 38.1. The fourth-order valence-electron chi connectivity index (χ4n) is 2.35. The molecule has 1 heterocycles. The summed E-state index contributed by atoms with van der Waals surface area (Å²) in [6, 6.07) is 4.84. The zero-order valence-electron chi connectivity index (χ0n) is 10.9. The molecule has 0 aliphatic carbocycles. The van der Waals surface area contributed by atoms with Crippen molar-refractivity contribution in [3.05, 3.63) is 35.4 Å². The Morgan fingerprint density at radius 3 is 2.45 bits per heavy atom. The Morgan fingerprint density at radius 2 is 1.90 bits per heavy atom. The van der Waals surface area contributed by atoms with Crippen molar-refractivity contribution in [1.82, 2.24) is 10.2 Å². The number of halogens is 4. The molecule has 0 saturated carbocycles. The average molecular weight is 311 g/mol. The highest BCUT2D eigenvalue weighted by molar-refractivity contribution is 5.85. The van der Waals surface area contributed by atoms with Gasteiger partial charge in [-0.3, -0.25) is 4.90 Å². The molecule has 2 N–H and O–H groups in total. The molecule has 0 radical (unpaired) electrons. The summed E-state index contributed by atoms with van der Waals surface area (Å²) in [5.74, 6) is 0. The van der Waals surface area contributed by atoms with Crippen LogP contribution in [-0.4, -0.2) is 42.8 Å². The second-order valence-corrected chi connectivity index (χ2v) is 4.61. The van der Waals surface area contributed by atoms with Gasteiger partial charge in [0.25, 0.3) is 0 Å². The van der Waals surface area contributed by atoms with Gasteiger partial charge in [0.15, 0.2) is 0 Å². The van der Waals surface area contributed by atoms with E-state index < -0.39 is 11.7 Å². The monoisotopic (exact) mass is 310 g/mol. The maximum absolute atomic E-state index is 12.7. The van der Waals surface area contributed by atoms with Crippen molar-refractivity contribution in [2.45, 2.75) is 12.2 Å². The lowest BCUT2D eigenvalue weighted by Crippen LogP contribution is -2.46. The summed E-state index contributed by atoms with van der Waals surface area (Å²) in [7, 11) is 0. The summed E-state index contributed by atoms with van der Waals surface area (Å²) in [6.45, 7) is 2.84. The Bertz CT molecular complexity index is 422. The van der Waals surface area contributed by atoms with Gasteiger partial charge in [0.1, 0.15) is 0 Å². The Kier molecular flexibility index (Phi) is 6.26. The van der Waals surface area contributed by atoms with Gasteiger partial charge in [-0.1, -0.05) is 12.1 Å². The first-order chi connectivity index (χ1) is 9.02. The lowest BCUT2D eigenvalue weighted by Gasteiger charge is -2.34. The first-order valence-electron chi connectivity index (χ1n) is 6.25. The second-order valence-electron chi connectivity index (χ2n) is 4.61. The van der Waals surface area contributed by atoms with Crippen LogP contribution in [0.5, 0.6) is 0 Å². The molecule has 114 valence electrons. The van der Waals surface area contributed by atoms with Crippen LogP contribution in [0, 0.1) is 0 Å². The van der Waals surface area contributed by atoms with E-state index in [4.69, 9.17) is 0 Å². The van der Waals surface area contributed by atoms with E-state index in [0.717, 1.165) is 38.3 Å². The predicted octanol–water partition coefficient (Wildman–Crippen LogP) is 2.07. The average Bonchev–Trinajstić information content (AvgIpc) is 2.40. The quantitative estimate of drug-likeness (QED) is 0.897. The number of aliphatic hydroxyl groups excluding tert-OH is 1. The Hall–Kier alpha value is -0.820. The number of aliphatic hydroxyl groups is 1. The second kappa shape index (κ2) is 7.26. The van der Waals surface area contributed by atoms with Crippen LogP contribution < -0.4 is 5.32 Å². The van der Waals surface area contributed by atoms with E-state index in [9.17, 15) is 18.3 Å². The highest BCUT2D eigenvalue weighted by atomic mass is 35.5. The molecule has 1 saturated heterocycles. The summed E-state index contributed by atoms with van der Waals surface area (Å²) in [5, 5.41) is 12.7. The van der Waals surface area contributed by atoms with E-state index in [1.165, 1.54) is 6.07 Å². The zero-order valence-corrected chi connectivity index (χ0v) is 11.7. The molecular formula is C13H18ClF3N2O. The summed E-state index contributed by atoms with van der Waals surface area (Å²) >= 11 is 0. The topological polar surface area (TPSA) is 35.5 Å². The van der Waals surface area contributed by atoms with Gasteiger partial charge in [0, 0.05) is 26.2 Å². The molecule has 1 aliphatic rings. The molecule has 1 aromatic carbocycles. The molecule has 0 aromatic heterocycles. The molecule has 1 aliphatic heterocycles. The van der Waals surface area contributed by atoms with Crippen molar-refractivity contribution < 1.29 is 18.3 Å².